The molecule has 1 aliphatic carbocycles. The predicted molar refractivity (Wildman–Crippen MR) is 44.8 cm³/mol. The van der Waals surface area contributed by atoms with Crippen LogP contribution < -0.4 is 5.73 Å². The monoisotopic (exact) mass is 154 g/mol. The summed E-state index contributed by atoms with van der Waals surface area (Å²) in [5.41, 5.74) is 5.45. The van der Waals surface area contributed by atoms with Gasteiger partial charge in [-0.05, 0) is 44.6 Å². The van der Waals surface area contributed by atoms with Crippen LogP contribution in [0.5, 0.6) is 0 Å². The van der Waals surface area contributed by atoms with Gasteiger partial charge in [0.05, 0.1) is 0 Å². The van der Waals surface area contributed by atoms with Crippen LogP contribution in [0.1, 0.15) is 32.1 Å². The first-order valence-electron chi connectivity index (χ1n) is 4.44. The van der Waals surface area contributed by atoms with Gasteiger partial charge in [-0.15, -0.1) is 0 Å². The van der Waals surface area contributed by atoms with E-state index in [1.807, 2.05) is 0 Å². The van der Waals surface area contributed by atoms with Gasteiger partial charge in [-0.2, -0.15) is 0 Å². The Balaban J connectivity index is 2.18. The maximum Gasteiger partial charge on any atom is 0.201 e. The average molecular weight is 154 g/mol. The van der Waals surface area contributed by atoms with E-state index in [0.29, 0.717) is 0 Å². The molecule has 0 amide bonds. The third-order valence-corrected chi connectivity index (χ3v) is 2.59. The Hall–Kier alpha value is -0.370. The SMILES string of the molecule is NCCC1CCC([C]=O)CC1. The van der Waals surface area contributed by atoms with Crippen LogP contribution >= 0.6 is 0 Å². The molecular weight excluding hydrogens is 138 g/mol. The lowest BCUT2D eigenvalue weighted by atomic mass is 9.81. The zero-order chi connectivity index (χ0) is 8.10. The lowest BCUT2D eigenvalue weighted by Gasteiger charge is -2.24. The summed E-state index contributed by atoms with van der Waals surface area (Å²) >= 11 is 0. The molecule has 0 unspecified atom stereocenters. The van der Waals surface area contributed by atoms with E-state index >= 15 is 0 Å². The summed E-state index contributed by atoms with van der Waals surface area (Å²) < 4.78 is 0. The van der Waals surface area contributed by atoms with Crippen molar-refractivity contribution in [3.05, 3.63) is 0 Å². The minimum atomic E-state index is 0.226. The topological polar surface area (TPSA) is 43.1 Å². The summed E-state index contributed by atoms with van der Waals surface area (Å²) in [7, 11) is 0. The van der Waals surface area contributed by atoms with Crippen molar-refractivity contribution < 1.29 is 4.79 Å². The normalized spacial score (nSPS) is 31.7. The molecule has 0 atom stereocenters. The fraction of sp³-hybridized carbons (Fsp3) is 0.889. The average Bonchev–Trinajstić information content (AvgIpc) is 2.07. The van der Waals surface area contributed by atoms with Crippen LogP contribution in [-0.2, 0) is 4.79 Å². The molecule has 2 nitrogen and oxygen atoms in total. The summed E-state index contributed by atoms with van der Waals surface area (Å²) in [6, 6.07) is 0. The molecule has 11 heavy (non-hydrogen) atoms. The highest BCUT2D eigenvalue weighted by molar-refractivity contribution is 5.54. The minimum Gasteiger partial charge on any atom is -0.330 e. The lowest BCUT2D eigenvalue weighted by molar-refractivity contribution is 0.304. The van der Waals surface area contributed by atoms with Crippen molar-refractivity contribution in [3.63, 3.8) is 0 Å². The van der Waals surface area contributed by atoms with Gasteiger partial charge in [-0.1, -0.05) is 0 Å². The van der Waals surface area contributed by atoms with Gasteiger partial charge >= 0.3 is 0 Å². The fourth-order valence-corrected chi connectivity index (χ4v) is 1.80. The lowest BCUT2D eigenvalue weighted by Crippen LogP contribution is -2.17. The van der Waals surface area contributed by atoms with E-state index in [9.17, 15) is 4.79 Å². The van der Waals surface area contributed by atoms with Crippen molar-refractivity contribution in [2.24, 2.45) is 17.6 Å². The number of carbonyl (C=O) groups excluding carboxylic acids is 1. The Kier molecular flexibility index (Phi) is 3.57. The van der Waals surface area contributed by atoms with Gasteiger partial charge in [0.2, 0.25) is 6.29 Å². The second kappa shape index (κ2) is 4.50. The van der Waals surface area contributed by atoms with Crippen LogP contribution in [0.15, 0.2) is 0 Å². The summed E-state index contributed by atoms with van der Waals surface area (Å²) in [6.07, 6.45) is 7.64. The molecule has 63 valence electrons. The summed E-state index contributed by atoms with van der Waals surface area (Å²) in [4.78, 5) is 10.3. The van der Waals surface area contributed by atoms with E-state index in [4.69, 9.17) is 5.73 Å². The highest BCUT2D eigenvalue weighted by atomic mass is 16.1. The molecule has 0 aromatic rings. The van der Waals surface area contributed by atoms with Gasteiger partial charge in [0, 0.05) is 5.92 Å². The first kappa shape index (κ1) is 8.72. The second-order valence-corrected chi connectivity index (χ2v) is 3.41. The molecule has 1 fully saturated rings. The summed E-state index contributed by atoms with van der Waals surface area (Å²) in [5, 5.41) is 0. The molecule has 1 rings (SSSR count). The Morgan fingerprint density at radius 3 is 2.36 bits per heavy atom. The largest absolute Gasteiger partial charge is 0.330 e. The highest BCUT2D eigenvalue weighted by Gasteiger charge is 2.20. The van der Waals surface area contributed by atoms with Crippen LogP contribution in [0.25, 0.3) is 0 Å². The van der Waals surface area contributed by atoms with E-state index in [2.05, 4.69) is 6.29 Å². The maximum atomic E-state index is 10.3. The number of rotatable bonds is 3. The van der Waals surface area contributed by atoms with Crippen LogP contribution in [0.4, 0.5) is 0 Å². The van der Waals surface area contributed by atoms with Gasteiger partial charge in [0.15, 0.2) is 0 Å². The van der Waals surface area contributed by atoms with Gasteiger partial charge in [-0.25, -0.2) is 0 Å². The standard InChI is InChI=1S/C9H16NO/c10-6-5-8-1-3-9(7-11)4-2-8/h8-9H,1-6,10H2. The van der Waals surface area contributed by atoms with Crippen molar-refractivity contribution in [2.45, 2.75) is 32.1 Å². The fourth-order valence-electron chi connectivity index (χ4n) is 1.80. The molecule has 0 aliphatic heterocycles. The molecule has 1 radical (unpaired) electrons. The van der Waals surface area contributed by atoms with Crippen molar-refractivity contribution >= 4 is 6.29 Å². The molecule has 0 spiro atoms. The van der Waals surface area contributed by atoms with E-state index < -0.39 is 0 Å². The number of hydrogen-bond donors (Lipinski definition) is 1. The predicted octanol–water partition coefficient (Wildman–Crippen LogP) is 1.25. The molecule has 1 aliphatic rings. The third-order valence-electron chi connectivity index (χ3n) is 2.59. The number of hydrogen-bond acceptors (Lipinski definition) is 2. The molecule has 1 saturated carbocycles. The first-order chi connectivity index (χ1) is 5.36. The van der Waals surface area contributed by atoms with Crippen LogP contribution in [0.2, 0.25) is 0 Å². The molecule has 0 aromatic heterocycles. The zero-order valence-corrected chi connectivity index (χ0v) is 6.88. The number of nitrogens with two attached hydrogens (primary N) is 1. The van der Waals surface area contributed by atoms with Gasteiger partial charge in [-0.3, -0.25) is 4.79 Å². The maximum absolute atomic E-state index is 10.3. The Bertz CT molecular complexity index is 117. The van der Waals surface area contributed by atoms with Gasteiger partial charge in [0.25, 0.3) is 0 Å². The quantitative estimate of drug-likeness (QED) is 0.664. The third kappa shape index (κ3) is 2.62. The van der Waals surface area contributed by atoms with Crippen molar-refractivity contribution in [1.82, 2.24) is 0 Å². The van der Waals surface area contributed by atoms with Gasteiger partial charge < -0.3 is 5.73 Å². The van der Waals surface area contributed by atoms with E-state index in [1.165, 1.54) is 12.8 Å². The molecule has 0 bridgehead atoms. The van der Waals surface area contributed by atoms with Crippen molar-refractivity contribution in [1.29, 1.82) is 0 Å². The van der Waals surface area contributed by atoms with Crippen LogP contribution in [-0.4, -0.2) is 12.8 Å². The van der Waals surface area contributed by atoms with Crippen molar-refractivity contribution in [2.75, 3.05) is 6.54 Å². The Labute approximate surface area is 68.2 Å². The Morgan fingerprint density at radius 1 is 1.27 bits per heavy atom. The molecular formula is C9H16NO. The van der Waals surface area contributed by atoms with Crippen molar-refractivity contribution in [3.8, 4) is 0 Å². The first-order valence-corrected chi connectivity index (χ1v) is 4.44. The smallest absolute Gasteiger partial charge is 0.201 e. The molecule has 0 saturated heterocycles. The molecule has 2 heteroatoms. The second-order valence-electron chi connectivity index (χ2n) is 3.41. The Morgan fingerprint density at radius 2 is 1.91 bits per heavy atom. The molecule has 0 aromatic carbocycles. The van der Waals surface area contributed by atoms with Crippen LogP contribution in [0, 0.1) is 11.8 Å². The minimum absolute atomic E-state index is 0.226. The summed E-state index contributed by atoms with van der Waals surface area (Å²) in [6.45, 7) is 0.792. The summed E-state index contributed by atoms with van der Waals surface area (Å²) in [5.74, 6) is 1.01. The van der Waals surface area contributed by atoms with E-state index in [-0.39, 0.29) is 5.92 Å². The zero-order valence-electron chi connectivity index (χ0n) is 6.88. The highest BCUT2D eigenvalue weighted by Crippen LogP contribution is 2.28. The van der Waals surface area contributed by atoms with E-state index in [1.54, 1.807) is 0 Å². The van der Waals surface area contributed by atoms with E-state index in [0.717, 1.165) is 31.7 Å². The molecule has 2 N–H and O–H groups in total. The van der Waals surface area contributed by atoms with Gasteiger partial charge in [0.1, 0.15) is 0 Å². The molecule has 0 heterocycles. The van der Waals surface area contributed by atoms with Crippen LogP contribution in [0.3, 0.4) is 0 Å².